The van der Waals surface area contributed by atoms with Crippen LogP contribution in [0.5, 0.6) is 0 Å². The molecule has 1 amide bonds. The summed E-state index contributed by atoms with van der Waals surface area (Å²) in [4.78, 5) is 27.3. The van der Waals surface area contributed by atoms with Crippen LogP contribution in [-0.2, 0) is 17.6 Å². The van der Waals surface area contributed by atoms with Crippen molar-refractivity contribution in [3.05, 3.63) is 59.0 Å². The Bertz CT molecular complexity index is 796. The summed E-state index contributed by atoms with van der Waals surface area (Å²) in [6, 6.07) is 9.14. The van der Waals surface area contributed by atoms with Gasteiger partial charge in [0.1, 0.15) is 0 Å². The van der Waals surface area contributed by atoms with E-state index in [0.717, 1.165) is 12.8 Å². The van der Waals surface area contributed by atoms with E-state index in [1.54, 1.807) is 17.0 Å². The van der Waals surface area contributed by atoms with Crippen LogP contribution in [0.2, 0.25) is 0 Å². The fourth-order valence-electron chi connectivity index (χ4n) is 3.88. The van der Waals surface area contributed by atoms with Crippen LogP contribution in [0.25, 0.3) is 0 Å². The molecular weight excluding hydrogens is 330 g/mol. The predicted molar refractivity (Wildman–Crippen MR) is 96.4 cm³/mol. The quantitative estimate of drug-likeness (QED) is 0.792. The predicted octanol–water partition coefficient (Wildman–Crippen LogP) is 3.27. The maximum absolute atomic E-state index is 13.1. The summed E-state index contributed by atoms with van der Waals surface area (Å²) in [7, 11) is 0. The lowest BCUT2D eigenvalue weighted by Crippen LogP contribution is -2.49. The number of hydrogen-bond acceptors (Lipinski definition) is 4. The number of benzene rings is 1. The lowest BCUT2D eigenvalue weighted by Gasteiger charge is -2.35. The van der Waals surface area contributed by atoms with E-state index < -0.39 is 0 Å². The van der Waals surface area contributed by atoms with Crippen LogP contribution < -0.4 is 0 Å². The maximum Gasteiger partial charge on any atom is 0.254 e. The third kappa shape index (κ3) is 3.44. The summed E-state index contributed by atoms with van der Waals surface area (Å²) in [5, 5.41) is 0. The molecule has 2 aromatic rings. The summed E-state index contributed by atoms with van der Waals surface area (Å²) in [6.45, 7) is 1.39. The molecule has 1 aromatic carbocycles. The Kier molecular flexibility index (Phi) is 4.89. The third-order valence-electron chi connectivity index (χ3n) is 5.30. The Labute approximate surface area is 152 Å². The number of fused-ring (bicyclic) bond motifs is 1. The van der Waals surface area contributed by atoms with Crippen LogP contribution in [0.4, 0.5) is 0 Å². The highest BCUT2D eigenvalue weighted by Crippen LogP contribution is 2.24. The zero-order chi connectivity index (χ0) is 17.9. The fraction of sp³-hybridized carbons (Fsp3) is 0.429. The van der Waals surface area contributed by atoms with Crippen molar-refractivity contribution >= 4 is 11.7 Å². The van der Waals surface area contributed by atoms with E-state index in [1.807, 2.05) is 12.1 Å². The van der Waals surface area contributed by atoms with Gasteiger partial charge in [-0.2, -0.15) is 0 Å². The molecule has 5 heteroatoms. The van der Waals surface area contributed by atoms with Crippen LogP contribution in [0.15, 0.2) is 41.0 Å². The topological polar surface area (TPSA) is 59.8 Å². The van der Waals surface area contributed by atoms with E-state index in [4.69, 9.17) is 9.15 Å². The van der Waals surface area contributed by atoms with E-state index >= 15 is 0 Å². The summed E-state index contributed by atoms with van der Waals surface area (Å²) in [5.74, 6) is 0.212. The number of morpholine rings is 1. The van der Waals surface area contributed by atoms with Gasteiger partial charge in [0.05, 0.1) is 25.5 Å². The summed E-state index contributed by atoms with van der Waals surface area (Å²) < 4.78 is 10.7. The smallest absolute Gasteiger partial charge is 0.254 e. The molecule has 0 radical (unpaired) electrons. The first-order valence-electron chi connectivity index (χ1n) is 9.29. The van der Waals surface area contributed by atoms with Crippen molar-refractivity contribution in [2.24, 2.45) is 0 Å². The molecule has 1 atom stereocenters. The first-order chi connectivity index (χ1) is 12.7. The van der Waals surface area contributed by atoms with Crippen molar-refractivity contribution in [2.45, 2.75) is 38.1 Å². The van der Waals surface area contributed by atoms with Gasteiger partial charge in [0.15, 0.2) is 11.5 Å². The van der Waals surface area contributed by atoms with Gasteiger partial charge < -0.3 is 14.1 Å². The Morgan fingerprint density at radius 1 is 1.12 bits per heavy atom. The van der Waals surface area contributed by atoms with Gasteiger partial charge in [-0.25, -0.2) is 0 Å². The van der Waals surface area contributed by atoms with Crippen molar-refractivity contribution in [3.8, 4) is 0 Å². The molecule has 4 rings (SSSR count). The number of amides is 1. The molecule has 0 bridgehead atoms. The van der Waals surface area contributed by atoms with Crippen LogP contribution in [0, 0.1) is 0 Å². The van der Waals surface area contributed by atoms with Gasteiger partial charge in [0.2, 0.25) is 0 Å². The molecule has 136 valence electrons. The number of ether oxygens (including phenoxy) is 1. The lowest BCUT2D eigenvalue weighted by atomic mass is 9.90. The van der Waals surface area contributed by atoms with E-state index in [0.29, 0.717) is 31.1 Å². The summed E-state index contributed by atoms with van der Waals surface area (Å²) in [6.07, 6.45) is 6.25. The average molecular weight is 353 g/mol. The molecule has 1 aliphatic heterocycles. The number of rotatable bonds is 4. The van der Waals surface area contributed by atoms with E-state index in [9.17, 15) is 9.59 Å². The Morgan fingerprint density at radius 2 is 1.96 bits per heavy atom. The molecule has 0 N–H and O–H groups in total. The molecule has 1 unspecified atom stereocenters. The molecule has 2 heterocycles. The normalized spacial score (nSPS) is 19.8. The van der Waals surface area contributed by atoms with Gasteiger partial charge >= 0.3 is 0 Å². The van der Waals surface area contributed by atoms with Crippen LogP contribution in [0.3, 0.4) is 0 Å². The molecule has 0 saturated carbocycles. The third-order valence-corrected chi connectivity index (χ3v) is 5.30. The van der Waals surface area contributed by atoms with Crippen LogP contribution >= 0.6 is 0 Å². The van der Waals surface area contributed by atoms with Gasteiger partial charge in [0.25, 0.3) is 5.91 Å². The second-order valence-corrected chi connectivity index (χ2v) is 7.02. The van der Waals surface area contributed by atoms with Gasteiger partial charge in [0, 0.05) is 18.5 Å². The first kappa shape index (κ1) is 17.0. The van der Waals surface area contributed by atoms with E-state index in [1.165, 1.54) is 30.2 Å². The average Bonchev–Trinajstić information content (AvgIpc) is 3.22. The van der Waals surface area contributed by atoms with Crippen molar-refractivity contribution in [3.63, 3.8) is 0 Å². The Morgan fingerprint density at radius 3 is 2.77 bits per heavy atom. The molecule has 2 aliphatic rings. The molecular formula is C21H23NO4. The number of carbonyl (C=O) groups is 2. The number of carbonyl (C=O) groups excluding carboxylic acids is 2. The standard InChI is InChI=1S/C21H23NO4/c23-19(20-6-3-10-26-20)13-18-14-25-11-9-22(18)21(24)17-8-7-15-4-1-2-5-16(15)12-17/h3,6-8,10,12,18H,1-2,4-5,9,11,13-14H2. The van der Waals surface area contributed by atoms with Crippen molar-refractivity contribution in [1.82, 2.24) is 4.90 Å². The van der Waals surface area contributed by atoms with Crippen molar-refractivity contribution < 1.29 is 18.7 Å². The summed E-state index contributed by atoms with van der Waals surface area (Å²) >= 11 is 0. The minimum atomic E-state index is -0.259. The fourth-order valence-corrected chi connectivity index (χ4v) is 3.88. The molecule has 26 heavy (non-hydrogen) atoms. The zero-order valence-corrected chi connectivity index (χ0v) is 14.8. The Hall–Kier alpha value is -2.40. The Balaban J connectivity index is 1.52. The lowest BCUT2D eigenvalue weighted by molar-refractivity contribution is -0.00304. The zero-order valence-electron chi connectivity index (χ0n) is 14.8. The number of furan rings is 1. The van der Waals surface area contributed by atoms with Crippen molar-refractivity contribution in [1.29, 1.82) is 0 Å². The van der Waals surface area contributed by atoms with E-state index in [2.05, 4.69) is 6.07 Å². The molecule has 1 aromatic heterocycles. The molecule has 1 aliphatic carbocycles. The first-order valence-corrected chi connectivity index (χ1v) is 9.29. The van der Waals surface area contributed by atoms with Crippen LogP contribution in [-0.4, -0.2) is 42.4 Å². The summed E-state index contributed by atoms with van der Waals surface area (Å²) in [5.41, 5.74) is 3.36. The highest BCUT2D eigenvalue weighted by Gasteiger charge is 2.31. The monoisotopic (exact) mass is 353 g/mol. The highest BCUT2D eigenvalue weighted by atomic mass is 16.5. The number of ketones is 1. The maximum atomic E-state index is 13.1. The molecule has 1 fully saturated rings. The van der Waals surface area contributed by atoms with Gasteiger partial charge in [-0.3, -0.25) is 9.59 Å². The number of Topliss-reactive ketones (excluding diaryl/α,β-unsaturated/α-hetero) is 1. The minimum absolute atomic E-state index is 0.0149. The van der Waals surface area contributed by atoms with Crippen molar-refractivity contribution in [2.75, 3.05) is 19.8 Å². The van der Waals surface area contributed by atoms with E-state index in [-0.39, 0.29) is 24.2 Å². The second kappa shape index (κ2) is 7.46. The highest BCUT2D eigenvalue weighted by molar-refractivity contribution is 5.97. The number of nitrogens with zero attached hydrogens (tertiary/aromatic N) is 1. The minimum Gasteiger partial charge on any atom is -0.461 e. The molecule has 5 nitrogen and oxygen atoms in total. The largest absolute Gasteiger partial charge is 0.461 e. The SMILES string of the molecule is O=C(CC1COCCN1C(=O)c1ccc2c(c1)CCCC2)c1ccco1. The number of hydrogen-bond donors (Lipinski definition) is 0. The second-order valence-electron chi connectivity index (χ2n) is 7.02. The number of aryl methyl sites for hydroxylation is 2. The van der Waals surface area contributed by atoms with Gasteiger partial charge in [-0.1, -0.05) is 6.07 Å². The molecule has 0 spiro atoms. The van der Waals surface area contributed by atoms with Crippen LogP contribution in [0.1, 0.15) is 51.3 Å². The molecule has 1 saturated heterocycles. The van der Waals surface area contributed by atoms with Gasteiger partial charge in [-0.15, -0.1) is 0 Å². The van der Waals surface area contributed by atoms with Gasteiger partial charge in [-0.05, 0) is 61.1 Å².